The number of ether oxygens (including phenoxy) is 1. The zero-order valence-electron chi connectivity index (χ0n) is 12.9. The first-order valence-corrected chi connectivity index (χ1v) is 7.73. The molecule has 3 heteroatoms. The van der Waals surface area contributed by atoms with Crippen molar-refractivity contribution in [3.05, 3.63) is 29.8 Å². The Kier molecular flexibility index (Phi) is 5.44. The lowest BCUT2D eigenvalue weighted by Crippen LogP contribution is -2.39. The first-order chi connectivity index (χ1) is 9.59. The maximum Gasteiger partial charge on any atom is 0.119 e. The van der Waals surface area contributed by atoms with Crippen LogP contribution in [0.3, 0.4) is 0 Å². The minimum atomic E-state index is 0.524. The van der Waals surface area contributed by atoms with E-state index in [4.69, 9.17) is 10.5 Å². The Bertz CT molecular complexity index is 390. The van der Waals surface area contributed by atoms with Gasteiger partial charge in [-0.05, 0) is 62.0 Å². The zero-order valence-corrected chi connectivity index (χ0v) is 12.9. The maximum atomic E-state index is 5.82. The van der Waals surface area contributed by atoms with Crippen LogP contribution >= 0.6 is 0 Å². The Labute approximate surface area is 123 Å². The summed E-state index contributed by atoms with van der Waals surface area (Å²) in [6, 6.07) is 8.30. The van der Waals surface area contributed by atoms with Crippen LogP contribution in [-0.2, 0) is 6.42 Å². The van der Waals surface area contributed by atoms with E-state index >= 15 is 0 Å². The molecule has 20 heavy (non-hydrogen) atoms. The van der Waals surface area contributed by atoms with Crippen LogP contribution in [0.1, 0.15) is 32.3 Å². The van der Waals surface area contributed by atoms with Crippen LogP contribution in [0, 0.1) is 5.41 Å². The van der Waals surface area contributed by atoms with Gasteiger partial charge in [0.05, 0.1) is 0 Å². The van der Waals surface area contributed by atoms with Gasteiger partial charge in [-0.1, -0.05) is 26.0 Å². The molecule has 0 aliphatic carbocycles. The molecule has 0 atom stereocenters. The summed E-state index contributed by atoms with van der Waals surface area (Å²) in [4.78, 5) is 2.51. The van der Waals surface area contributed by atoms with E-state index < -0.39 is 0 Å². The quantitative estimate of drug-likeness (QED) is 0.868. The number of benzene rings is 1. The molecule has 2 rings (SSSR count). The molecular weight excluding hydrogens is 248 g/mol. The van der Waals surface area contributed by atoms with Crippen molar-refractivity contribution < 1.29 is 4.74 Å². The average molecular weight is 276 g/mol. The molecule has 0 saturated carbocycles. The molecule has 1 aromatic carbocycles. The molecule has 0 amide bonds. The smallest absolute Gasteiger partial charge is 0.119 e. The van der Waals surface area contributed by atoms with Gasteiger partial charge in [0, 0.05) is 6.54 Å². The van der Waals surface area contributed by atoms with Crippen LogP contribution in [0.4, 0.5) is 0 Å². The SMILES string of the molecule is CC1(C)CCN(CCOc2ccc(CCN)cc2)CC1. The highest BCUT2D eigenvalue weighted by Crippen LogP contribution is 2.29. The van der Waals surface area contributed by atoms with Crippen molar-refractivity contribution >= 4 is 0 Å². The van der Waals surface area contributed by atoms with Crippen LogP contribution in [0.5, 0.6) is 5.75 Å². The largest absolute Gasteiger partial charge is 0.492 e. The van der Waals surface area contributed by atoms with Crippen LogP contribution in [0.25, 0.3) is 0 Å². The summed E-state index contributed by atoms with van der Waals surface area (Å²) in [6.45, 7) is 9.63. The van der Waals surface area contributed by atoms with Crippen molar-refractivity contribution in [2.24, 2.45) is 11.1 Å². The summed E-state index contributed by atoms with van der Waals surface area (Å²) >= 11 is 0. The minimum absolute atomic E-state index is 0.524. The third-order valence-electron chi connectivity index (χ3n) is 4.24. The fourth-order valence-electron chi connectivity index (χ4n) is 2.59. The van der Waals surface area contributed by atoms with E-state index in [-0.39, 0.29) is 0 Å². The van der Waals surface area contributed by atoms with E-state index in [1.54, 1.807) is 0 Å². The molecule has 112 valence electrons. The first-order valence-electron chi connectivity index (χ1n) is 7.73. The van der Waals surface area contributed by atoms with Gasteiger partial charge in [-0.3, -0.25) is 4.90 Å². The van der Waals surface area contributed by atoms with Gasteiger partial charge < -0.3 is 10.5 Å². The Hall–Kier alpha value is -1.06. The molecule has 0 radical (unpaired) electrons. The summed E-state index contributed by atoms with van der Waals surface area (Å²) in [6.07, 6.45) is 3.52. The second-order valence-corrected chi connectivity index (χ2v) is 6.54. The Morgan fingerprint density at radius 3 is 2.40 bits per heavy atom. The van der Waals surface area contributed by atoms with Gasteiger partial charge in [-0.2, -0.15) is 0 Å². The fourth-order valence-corrected chi connectivity index (χ4v) is 2.59. The Morgan fingerprint density at radius 1 is 1.15 bits per heavy atom. The maximum absolute atomic E-state index is 5.82. The second kappa shape index (κ2) is 7.09. The molecule has 1 aliphatic rings. The van der Waals surface area contributed by atoms with E-state index in [9.17, 15) is 0 Å². The summed E-state index contributed by atoms with van der Waals surface area (Å²) in [7, 11) is 0. The average Bonchev–Trinajstić information content (AvgIpc) is 2.43. The van der Waals surface area contributed by atoms with Crippen LogP contribution < -0.4 is 10.5 Å². The lowest BCUT2D eigenvalue weighted by atomic mass is 9.83. The third-order valence-corrected chi connectivity index (χ3v) is 4.24. The van der Waals surface area contributed by atoms with Crippen LogP contribution in [-0.4, -0.2) is 37.7 Å². The lowest BCUT2D eigenvalue weighted by molar-refractivity contribution is 0.116. The van der Waals surface area contributed by atoms with Crippen LogP contribution in [0.2, 0.25) is 0 Å². The van der Waals surface area contributed by atoms with Crippen molar-refractivity contribution in [2.75, 3.05) is 32.8 Å². The minimum Gasteiger partial charge on any atom is -0.492 e. The molecule has 0 unspecified atom stereocenters. The van der Waals surface area contributed by atoms with Gasteiger partial charge in [-0.25, -0.2) is 0 Å². The number of hydrogen-bond acceptors (Lipinski definition) is 3. The monoisotopic (exact) mass is 276 g/mol. The number of nitrogens with two attached hydrogens (primary N) is 1. The molecule has 1 fully saturated rings. The van der Waals surface area contributed by atoms with Crippen molar-refractivity contribution in [3.8, 4) is 5.75 Å². The molecule has 1 aromatic rings. The summed E-state index contributed by atoms with van der Waals surface area (Å²) < 4.78 is 5.82. The number of rotatable bonds is 6. The van der Waals surface area contributed by atoms with E-state index in [1.807, 2.05) is 12.1 Å². The van der Waals surface area contributed by atoms with Gasteiger partial charge >= 0.3 is 0 Å². The number of hydrogen-bond donors (Lipinski definition) is 1. The molecule has 1 aliphatic heterocycles. The van der Waals surface area contributed by atoms with E-state index in [2.05, 4.69) is 30.9 Å². The lowest BCUT2D eigenvalue weighted by Gasteiger charge is -2.36. The number of piperidine rings is 1. The molecule has 0 bridgehead atoms. The molecule has 1 heterocycles. The predicted octanol–water partition coefficient (Wildman–Crippen LogP) is 2.69. The van der Waals surface area contributed by atoms with E-state index in [1.165, 1.54) is 31.5 Å². The highest BCUT2D eigenvalue weighted by atomic mass is 16.5. The van der Waals surface area contributed by atoms with Gasteiger partial charge in [0.1, 0.15) is 12.4 Å². The molecule has 1 saturated heterocycles. The predicted molar refractivity (Wildman–Crippen MR) is 84.2 cm³/mol. The van der Waals surface area contributed by atoms with Gasteiger partial charge in [0.15, 0.2) is 0 Å². The second-order valence-electron chi connectivity index (χ2n) is 6.54. The van der Waals surface area contributed by atoms with E-state index in [0.29, 0.717) is 12.0 Å². The van der Waals surface area contributed by atoms with E-state index in [0.717, 1.165) is 25.3 Å². The number of nitrogens with zero attached hydrogens (tertiary/aromatic N) is 1. The molecule has 2 N–H and O–H groups in total. The van der Waals surface area contributed by atoms with Gasteiger partial charge in [0.25, 0.3) is 0 Å². The molecular formula is C17H28N2O. The van der Waals surface area contributed by atoms with Crippen molar-refractivity contribution in [1.82, 2.24) is 4.90 Å². The topological polar surface area (TPSA) is 38.5 Å². The highest BCUT2D eigenvalue weighted by molar-refractivity contribution is 5.27. The standard InChI is InChI=1S/C17H28N2O/c1-17(2)8-11-19(12-9-17)13-14-20-16-5-3-15(4-6-16)7-10-18/h3-6H,7-14,18H2,1-2H3. The van der Waals surface area contributed by atoms with Gasteiger partial charge in [-0.15, -0.1) is 0 Å². The summed E-state index contributed by atoms with van der Waals surface area (Å²) in [5.41, 5.74) is 7.34. The van der Waals surface area contributed by atoms with Crippen molar-refractivity contribution in [1.29, 1.82) is 0 Å². The third kappa shape index (κ3) is 4.80. The summed E-state index contributed by atoms with van der Waals surface area (Å²) in [5.74, 6) is 0.961. The Balaban J connectivity index is 1.68. The normalized spacial score (nSPS) is 18.9. The van der Waals surface area contributed by atoms with Crippen LogP contribution in [0.15, 0.2) is 24.3 Å². The van der Waals surface area contributed by atoms with Gasteiger partial charge in [0.2, 0.25) is 0 Å². The summed E-state index contributed by atoms with van der Waals surface area (Å²) in [5, 5.41) is 0. The number of likely N-dealkylation sites (tertiary alicyclic amines) is 1. The molecule has 0 spiro atoms. The molecule has 0 aromatic heterocycles. The fraction of sp³-hybridized carbons (Fsp3) is 0.647. The Morgan fingerprint density at radius 2 is 1.80 bits per heavy atom. The highest BCUT2D eigenvalue weighted by Gasteiger charge is 2.24. The van der Waals surface area contributed by atoms with Crippen molar-refractivity contribution in [2.45, 2.75) is 33.1 Å². The van der Waals surface area contributed by atoms with Crippen molar-refractivity contribution in [3.63, 3.8) is 0 Å². The zero-order chi connectivity index (χ0) is 14.4. The first kappa shape index (κ1) is 15.3. The molecule has 3 nitrogen and oxygen atoms in total.